The fraction of sp³-hybridized carbons (Fsp3) is 0.273. The number of carbonyl (C=O) groups is 2. The Hall–Kier alpha value is -2.88. The number of hydrogen-bond donors (Lipinski definition) is 1. The van der Waals surface area contributed by atoms with E-state index in [1.54, 1.807) is 18.2 Å². The van der Waals surface area contributed by atoms with Gasteiger partial charge < -0.3 is 10.1 Å². The summed E-state index contributed by atoms with van der Waals surface area (Å²) in [7, 11) is 0. The fourth-order valence-corrected chi connectivity index (χ4v) is 2.49. The van der Waals surface area contributed by atoms with Crippen molar-refractivity contribution in [3.8, 4) is 5.75 Å². The van der Waals surface area contributed by atoms with E-state index in [1.165, 1.54) is 6.92 Å². The van der Waals surface area contributed by atoms with Crippen LogP contribution in [0.25, 0.3) is 0 Å². The van der Waals surface area contributed by atoms with Crippen molar-refractivity contribution >= 4 is 11.7 Å². The highest BCUT2D eigenvalue weighted by Crippen LogP contribution is 2.23. The first-order valence-electron chi connectivity index (χ1n) is 8.66. The maximum Gasteiger partial charge on any atom is 0.255 e. The molecule has 0 aromatic heterocycles. The summed E-state index contributed by atoms with van der Waals surface area (Å²) in [5.41, 5.74) is 2.86. The Kier molecular flexibility index (Phi) is 6.73. The molecule has 0 radical (unpaired) electrons. The predicted octanol–water partition coefficient (Wildman–Crippen LogP) is 4.73. The second-order valence-corrected chi connectivity index (χ2v) is 6.43. The fourth-order valence-electron chi connectivity index (χ4n) is 2.49. The zero-order valence-corrected chi connectivity index (χ0v) is 15.5. The number of ketones is 1. The average molecular weight is 351 g/mol. The minimum absolute atomic E-state index is 0.0938. The molecule has 0 bridgehead atoms. The largest absolute Gasteiger partial charge is 0.492 e. The van der Waals surface area contributed by atoms with E-state index in [1.807, 2.05) is 44.2 Å². The molecule has 0 spiro atoms. The van der Waals surface area contributed by atoms with E-state index >= 15 is 0 Å². The van der Waals surface area contributed by atoms with Crippen molar-refractivity contribution < 1.29 is 14.3 Å². The topological polar surface area (TPSA) is 55.4 Å². The first-order chi connectivity index (χ1) is 12.4. The van der Waals surface area contributed by atoms with Gasteiger partial charge in [-0.1, -0.05) is 35.9 Å². The van der Waals surface area contributed by atoms with Crippen LogP contribution in [-0.4, -0.2) is 18.3 Å². The molecule has 0 aliphatic rings. The van der Waals surface area contributed by atoms with Gasteiger partial charge in [-0.2, -0.15) is 0 Å². The number of nitrogens with one attached hydrogen (secondary N) is 1. The van der Waals surface area contributed by atoms with Crippen LogP contribution in [0.2, 0.25) is 0 Å². The molecule has 4 heteroatoms. The predicted molar refractivity (Wildman–Crippen MR) is 104 cm³/mol. The molecule has 26 heavy (non-hydrogen) atoms. The van der Waals surface area contributed by atoms with Gasteiger partial charge in [0, 0.05) is 12.0 Å². The summed E-state index contributed by atoms with van der Waals surface area (Å²) in [6, 6.07) is 14.5. The molecule has 0 aliphatic carbocycles. The van der Waals surface area contributed by atoms with Gasteiger partial charge in [-0.15, -0.1) is 6.58 Å². The number of amides is 1. The highest BCUT2D eigenvalue weighted by atomic mass is 16.5. The quantitative estimate of drug-likeness (QED) is 0.553. The Bertz CT molecular complexity index is 796. The zero-order chi connectivity index (χ0) is 19.1. The molecule has 1 atom stereocenters. The highest BCUT2D eigenvalue weighted by Gasteiger charge is 2.17. The van der Waals surface area contributed by atoms with Crippen LogP contribution in [0.1, 0.15) is 59.5 Å². The van der Waals surface area contributed by atoms with Gasteiger partial charge in [0.05, 0.1) is 18.2 Å². The Morgan fingerprint density at radius 2 is 1.81 bits per heavy atom. The van der Waals surface area contributed by atoms with Gasteiger partial charge in [0.15, 0.2) is 5.78 Å². The molecule has 2 rings (SSSR count). The van der Waals surface area contributed by atoms with E-state index in [0.29, 0.717) is 29.9 Å². The molecule has 0 saturated heterocycles. The van der Waals surface area contributed by atoms with Crippen LogP contribution in [0.15, 0.2) is 60.7 Å². The first kappa shape index (κ1) is 19.4. The van der Waals surface area contributed by atoms with Gasteiger partial charge in [-0.05, 0) is 44.5 Å². The molecule has 136 valence electrons. The van der Waals surface area contributed by atoms with Crippen molar-refractivity contribution in [3.05, 3.63) is 77.4 Å². The number of carbonyl (C=O) groups excluding carboxylic acids is 2. The molecule has 2 aromatic carbocycles. The average Bonchev–Trinajstić information content (AvgIpc) is 2.62. The SMILES string of the molecule is C=C(C)CCOc1ccc(C(C)=O)cc1C(=O)N[C@@H](C)c1ccccc1. The lowest BCUT2D eigenvalue weighted by Gasteiger charge is -2.17. The molecule has 4 nitrogen and oxygen atoms in total. The van der Waals surface area contributed by atoms with E-state index in [2.05, 4.69) is 11.9 Å². The Morgan fingerprint density at radius 3 is 2.42 bits per heavy atom. The number of rotatable bonds is 8. The van der Waals surface area contributed by atoms with Crippen molar-refractivity contribution in [2.24, 2.45) is 0 Å². The van der Waals surface area contributed by atoms with Crippen molar-refractivity contribution in [1.82, 2.24) is 5.32 Å². The van der Waals surface area contributed by atoms with Crippen LogP contribution in [0.3, 0.4) is 0 Å². The molecule has 2 aromatic rings. The second kappa shape index (κ2) is 8.99. The molecule has 0 aliphatic heterocycles. The lowest BCUT2D eigenvalue weighted by Crippen LogP contribution is -2.27. The van der Waals surface area contributed by atoms with Crippen LogP contribution in [0.5, 0.6) is 5.75 Å². The number of Topliss-reactive ketones (excluding diaryl/α,β-unsaturated/α-hetero) is 1. The third kappa shape index (κ3) is 5.31. The number of ether oxygens (including phenoxy) is 1. The van der Waals surface area contributed by atoms with Crippen LogP contribution >= 0.6 is 0 Å². The van der Waals surface area contributed by atoms with E-state index in [4.69, 9.17) is 4.74 Å². The van der Waals surface area contributed by atoms with Crippen molar-refractivity contribution in [2.75, 3.05) is 6.61 Å². The van der Waals surface area contributed by atoms with Gasteiger partial charge in [0.25, 0.3) is 5.91 Å². The number of hydrogen-bond acceptors (Lipinski definition) is 3. The monoisotopic (exact) mass is 351 g/mol. The summed E-state index contributed by atoms with van der Waals surface area (Å²) < 4.78 is 5.76. The van der Waals surface area contributed by atoms with E-state index < -0.39 is 0 Å². The number of benzene rings is 2. The summed E-state index contributed by atoms with van der Waals surface area (Å²) in [6.45, 7) is 9.61. The van der Waals surface area contributed by atoms with E-state index in [9.17, 15) is 9.59 Å². The van der Waals surface area contributed by atoms with Crippen LogP contribution < -0.4 is 10.1 Å². The third-order valence-corrected chi connectivity index (χ3v) is 4.06. The summed E-state index contributed by atoms with van der Waals surface area (Å²) in [5, 5.41) is 2.97. The Labute approximate surface area is 154 Å². The van der Waals surface area contributed by atoms with Crippen molar-refractivity contribution in [3.63, 3.8) is 0 Å². The van der Waals surface area contributed by atoms with Crippen molar-refractivity contribution in [2.45, 2.75) is 33.2 Å². The van der Waals surface area contributed by atoms with Crippen molar-refractivity contribution in [1.29, 1.82) is 0 Å². The minimum Gasteiger partial charge on any atom is -0.492 e. The van der Waals surface area contributed by atoms with E-state index in [-0.39, 0.29) is 17.7 Å². The summed E-state index contributed by atoms with van der Waals surface area (Å²) in [5.74, 6) is 0.104. The third-order valence-electron chi connectivity index (χ3n) is 4.06. The molecule has 0 heterocycles. The van der Waals surface area contributed by atoms with Gasteiger partial charge >= 0.3 is 0 Å². The standard InChI is InChI=1S/C22H25NO3/c1-15(2)12-13-26-21-11-10-19(17(4)24)14-20(21)22(25)23-16(3)18-8-6-5-7-9-18/h5-11,14,16H,1,12-13H2,2-4H3,(H,23,25)/t16-/m0/s1. The molecule has 1 amide bonds. The lowest BCUT2D eigenvalue weighted by atomic mass is 10.0. The molecule has 0 saturated carbocycles. The Balaban J connectivity index is 2.22. The first-order valence-corrected chi connectivity index (χ1v) is 8.66. The Morgan fingerprint density at radius 1 is 1.12 bits per heavy atom. The molecular formula is C22H25NO3. The minimum atomic E-state index is -0.269. The highest BCUT2D eigenvalue weighted by molar-refractivity contribution is 6.01. The summed E-state index contributed by atoms with van der Waals surface area (Å²) >= 11 is 0. The van der Waals surface area contributed by atoms with Gasteiger partial charge in [0.1, 0.15) is 5.75 Å². The zero-order valence-electron chi connectivity index (χ0n) is 15.5. The maximum atomic E-state index is 12.8. The molecular weight excluding hydrogens is 326 g/mol. The molecule has 0 unspecified atom stereocenters. The normalized spacial score (nSPS) is 11.5. The summed E-state index contributed by atoms with van der Waals surface area (Å²) in [6.07, 6.45) is 0.704. The summed E-state index contributed by atoms with van der Waals surface area (Å²) in [4.78, 5) is 24.5. The van der Waals surface area contributed by atoms with Gasteiger partial charge in [-0.3, -0.25) is 9.59 Å². The molecule has 1 N–H and O–H groups in total. The van der Waals surface area contributed by atoms with Crippen LogP contribution in [0.4, 0.5) is 0 Å². The maximum absolute atomic E-state index is 12.8. The second-order valence-electron chi connectivity index (χ2n) is 6.43. The van der Waals surface area contributed by atoms with Crippen LogP contribution in [-0.2, 0) is 0 Å². The lowest BCUT2D eigenvalue weighted by molar-refractivity contribution is 0.0936. The van der Waals surface area contributed by atoms with Crippen LogP contribution in [0, 0.1) is 0 Å². The van der Waals surface area contributed by atoms with Gasteiger partial charge in [-0.25, -0.2) is 0 Å². The smallest absolute Gasteiger partial charge is 0.255 e. The van der Waals surface area contributed by atoms with E-state index in [0.717, 1.165) is 11.1 Å². The van der Waals surface area contributed by atoms with Gasteiger partial charge in [0.2, 0.25) is 0 Å². The molecule has 0 fully saturated rings.